The molecule has 0 unspecified atom stereocenters. The molecular weight excluding hydrogens is 360 g/mol. The van der Waals surface area contributed by atoms with Crippen molar-refractivity contribution < 1.29 is 19.4 Å². The molecule has 0 aliphatic carbocycles. The maximum atomic E-state index is 11.6. The molecule has 156 valence electrons. The lowest BCUT2D eigenvalue weighted by molar-refractivity contribution is -0.124. The summed E-state index contributed by atoms with van der Waals surface area (Å²) in [4.78, 5) is 18.2. The zero-order chi connectivity index (χ0) is 19.9. The number of likely N-dealkylation sites (N-methyl/N-ethyl adjacent to an activating group) is 1. The van der Waals surface area contributed by atoms with Gasteiger partial charge in [0, 0.05) is 52.4 Å². The highest BCUT2D eigenvalue weighted by atomic mass is 16.5. The van der Waals surface area contributed by atoms with Crippen LogP contribution in [0.25, 0.3) is 0 Å². The predicted molar refractivity (Wildman–Crippen MR) is 107 cm³/mol. The number of aliphatic hydroxyl groups is 1. The van der Waals surface area contributed by atoms with Crippen molar-refractivity contribution in [2.24, 2.45) is 0 Å². The predicted octanol–water partition coefficient (Wildman–Crippen LogP) is -0.386. The molecule has 0 spiro atoms. The molecule has 1 aromatic carbocycles. The number of hydrogen-bond donors (Lipinski definition) is 2. The molecular formula is C20H32N4O4. The summed E-state index contributed by atoms with van der Waals surface area (Å²) < 4.78 is 11.3. The van der Waals surface area contributed by atoms with Gasteiger partial charge < -0.3 is 24.8 Å². The Balaban J connectivity index is 1.53. The molecule has 2 N–H and O–H groups in total. The Morgan fingerprint density at radius 2 is 1.93 bits per heavy atom. The van der Waals surface area contributed by atoms with Gasteiger partial charge >= 0.3 is 0 Å². The number of carbonyl (C=O) groups excluding carboxylic acids is 1. The van der Waals surface area contributed by atoms with Gasteiger partial charge in [0.2, 0.25) is 5.91 Å². The van der Waals surface area contributed by atoms with E-state index in [1.54, 1.807) is 7.11 Å². The maximum Gasteiger partial charge on any atom is 0.234 e. The number of rotatable bonds is 8. The molecule has 2 heterocycles. The van der Waals surface area contributed by atoms with Crippen LogP contribution in [0, 0.1) is 0 Å². The summed E-state index contributed by atoms with van der Waals surface area (Å²) in [5.74, 6) is 1.33. The third kappa shape index (κ3) is 6.07. The molecule has 1 aromatic rings. The molecule has 2 aliphatic rings. The molecule has 2 saturated heterocycles. The fourth-order valence-electron chi connectivity index (χ4n) is 3.58. The van der Waals surface area contributed by atoms with E-state index < -0.39 is 6.10 Å². The lowest BCUT2D eigenvalue weighted by atomic mass is 10.1. The Morgan fingerprint density at radius 3 is 2.64 bits per heavy atom. The lowest BCUT2D eigenvalue weighted by Crippen LogP contribution is -2.47. The zero-order valence-electron chi connectivity index (χ0n) is 16.9. The third-order valence-electron chi connectivity index (χ3n) is 5.25. The molecule has 8 nitrogen and oxygen atoms in total. The Morgan fingerprint density at radius 1 is 1.14 bits per heavy atom. The average molecular weight is 393 g/mol. The number of hydrogen-bond acceptors (Lipinski definition) is 7. The normalized spacial score (nSPS) is 20.6. The summed E-state index contributed by atoms with van der Waals surface area (Å²) in [6, 6.07) is 5.80. The summed E-state index contributed by atoms with van der Waals surface area (Å²) in [5, 5.41) is 13.2. The number of ether oxygens (including phenoxy) is 2. The summed E-state index contributed by atoms with van der Waals surface area (Å²) in [7, 11) is 3.73. The van der Waals surface area contributed by atoms with E-state index in [9.17, 15) is 9.90 Å². The number of nitrogens with one attached hydrogen (secondary N) is 1. The summed E-state index contributed by atoms with van der Waals surface area (Å²) in [5.41, 5.74) is 1.05. The first kappa shape index (κ1) is 20.9. The number of aliphatic hydroxyl groups excluding tert-OH is 1. The second kappa shape index (κ2) is 10.1. The molecule has 2 fully saturated rings. The number of amides is 1. The van der Waals surface area contributed by atoms with E-state index in [0.29, 0.717) is 37.7 Å². The quantitative estimate of drug-likeness (QED) is 0.624. The van der Waals surface area contributed by atoms with E-state index >= 15 is 0 Å². The minimum atomic E-state index is -0.553. The summed E-state index contributed by atoms with van der Waals surface area (Å²) >= 11 is 0. The first-order valence-electron chi connectivity index (χ1n) is 9.91. The van der Waals surface area contributed by atoms with Gasteiger partial charge in [0.25, 0.3) is 0 Å². The van der Waals surface area contributed by atoms with Gasteiger partial charge in [-0.1, -0.05) is 6.07 Å². The van der Waals surface area contributed by atoms with E-state index in [2.05, 4.69) is 27.1 Å². The van der Waals surface area contributed by atoms with Crippen LogP contribution >= 0.6 is 0 Å². The van der Waals surface area contributed by atoms with Crippen molar-refractivity contribution >= 4 is 5.91 Å². The highest BCUT2D eigenvalue weighted by molar-refractivity contribution is 5.78. The van der Waals surface area contributed by atoms with Crippen LogP contribution in [0.3, 0.4) is 0 Å². The fourth-order valence-corrected chi connectivity index (χ4v) is 3.58. The van der Waals surface area contributed by atoms with Crippen LogP contribution < -0.4 is 14.8 Å². The van der Waals surface area contributed by atoms with Crippen molar-refractivity contribution in [1.82, 2.24) is 20.0 Å². The Labute approximate surface area is 167 Å². The van der Waals surface area contributed by atoms with Gasteiger partial charge in [0.1, 0.15) is 12.7 Å². The molecule has 0 saturated carbocycles. The fraction of sp³-hybridized carbons (Fsp3) is 0.650. The molecule has 0 radical (unpaired) electrons. The molecule has 8 heteroatoms. The van der Waals surface area contributed by atoms with E-state index in [0.717, 1.165) is 38.3 Å². The molecule has 1 atom stereocenters. The van der Waals surface area contributed by atoms with E-state index in [-0.39, 0.29) is 12.5 Å². The number of methoxy groups -OCH3 is 1. The first-order valence-corrected chi connectivity index (χ1v) is 9.91. The van der Waals surface area contributed by atoms with E-state index in [1.807, 2.05) is 18.2 Å². The Hall–Kier alpha value is -1.87. The second-order valence-electron chi connectivity index (χ2n) is 7.61. The van der Waals surface area contributed by atoms with Gasteiger partial charge in [-0.2, -0.15) is 0 Å². The van der Waals surface area contributed by atoms with Crippen LogP contribution in [0.1, 0.15) is 5.56 Å². The maximum absolute atomic E-state index is 11.6. The molecule has 0 aromatic heterocycles. The number of carbonyl (C=O) groups is 1. The van der Waals surface area contributed by atoms with Crippen LogP contribution in [0.2, 0.25) is 0 Å². The number of benzene rings is 1. The molecule has 1 amide bonds. The SMILES string of the molecule is COc1ccc(CN2CCNC(=O)C2)cc1OC[C@H](O)CN1CCN(C)CC1. The van der Waals surface area contributed by atoms with Crippen molar-refractivity contribution in [2.45, 2.75) is 12.6 Å². The Kier molecular flexibility index (Phi) is 7.50. The topological polar surface area (TPSA) is 77.5 Å². The van der Waals surface area contributed by atoms with Crippen molar-refractivity contribution in [1.29, 1.82) is 0 Å². The summed E-state index contributed by atoms with van der Waals surface area (Å²) in [6.07, 6.45) is -0.553. The molecule has 0 bridgehead atoms. The molecule has 28 heavy (non-hydrogen) atoms. The highest BCUT2D eigenvalue weighted by Gasteiger charge is 2.19. The van der Waals surface area contributed by atoms with Crippen molar-refractivity contribution in [3.63, 3.8) is 0 Å². The molecule has 3 rings (SSSR count). The largest absolute Gasteiger partial charge is 0.493 e. The van der Waals surface area contributed by atoms with Crippen LogP contribution in [0.4, 0.5) is 0 Å². The van der Waals surface area contributed by atoms with Gasteiger partial charge in [-0.05, 0) is 24.7 Å². The standard InChI is InChI=1S/C20H32N4O4/c1-22-7-9-23(10-8-22)13-17(25)15-28-19-11-16(3-4-18(19)27-2)12-24-6-5-21-20(26)14-24/h3-4,11,17,25H,5-10,12-15H2,1-2H3,(H,21,26)/t17-/m1/s1. The lowest BCUT2D eigenvalue weighted by Gasteiger charge is -2.33. The van der Waals surface area contributed by atoms with Crippen molar-refractivity contribution in [3.05, 3.63) is 23.8 Å². The minimum absolute atomic E-state index is 0.0586. The minimum Gasteiger partial charge on any atom is -0.493 e. The summed E-state index contributed by atoms with van der Waals surface area (Å²) in [6.45, 7) is 7.41. The third-order valence-corrected chi connectivity index (χ3v) is 5.25. The Bertz CT molecular complexity index is 649. The van der Waals surface area contributed by atoms with Crippen LogP contribution in [0.15, 0.2) is 18.2 Å². The van der Waals surface area contributed by atoms with Crippen molar-refractivity contribution in [3.8, 4) is 11.5 Å². The number of β-amino-alcohol motifs (C(OH)–C–C–N with tert-alkyl or cyclic N) is 1. The highest BCUT2D eigenvalue weighted by Crippen LogP contribution is 2.29. The number of nitrogens with zero attached hydrogens (tertiary/aromatic N) is 3. The van der Waals surface area contributed by atoms with Gasteiger partial charge in [-0.15, -0.1) is 0 Å². The first-order chi connectivity index (χ1) is 13.5. The monoisotopic (exact) mass is 392 g/mol. The molecule has 2 aliphatic heterocycles. The van der Waals surface area contributed by atoms with E-state index in [1.165, 1.54) is 0 Å². The van der Waals surface area contributed by atoms with Crippen LogP contribution in [-0.2, 0) is 11.3 Å². The van der Waals surface area contributed by atoms with Crippen LogP contribution in [0.5, 0.6) is 11.5 Å². The van der Waals surface area contributed by atoms with E-state index in [4.69, 9.17) is 9.47 Å². The van der Waals surface area contributed by atoms with Crippen molar-refractivity contribution in [2.75, 3.05) is 73.1 Å². The van der Waals surface area contributed by atoms with Gasteiger partial charge in [-0.25, -0.2) is 0 Å². The zero-order valence-corrected chi connectivity index (χ0v) is 16.9. The van der Waals surface area contributed by atoms with Gasteiger partial charge in [-0.3, -0.25) is 14.6 Å². The van der Waals surface area contributed by atoms with Gasteiger partial charge in [0.15, 0.2) is 11.5 Å². The second-order valence-corrected chi connectivity index (χ2v) is 7.61. The van der Waals surface area contributed by atoms with Crippen LogP contribution in [-0.4, -0.2) is 105 Å². The average Bonchev–Trinajstić information content (AvgIpc) is 2.68. The van der Waals surface area contributed by atoms with Gasteiger partial charge in [0.05, 0.1) is 13.7 Å². The smallest absolute Gasteiger partial charge is 0.234 e. The number of piperazine rings is 2.